The molecule has 2 aliphatic heterocycles. The number of benzene rings is 2. The second-order valence-electron chi connectivity index (χ2n) is 8.28. The molecule has 0 bridgehead atoms. The molecule has 3 heterocycles. The number of nitrogens with zero attached hydrogens (tertiary/aromatic N) is 3. The molecular weight excluding hydrogens is 372 g/mol. The smallest absolute Gasteiger partial charge is 0.133 e. The lowest BCUT2D eigenvalue weighted by Gasteiger charge is -2.26. The number of hydrogen-bond acceptors (Lipinski definition) is 4. The maximum absolute atomic E-state index is 5.94. The molecule has 2 aliphatic rings. The van der Waals surface area contributed by atoms with Crippen LogP contribution in [0.5, 0.6) is 5.75 Å². The second kappa shape index (κ2) is 8.92. The molecule has 2 aromatic carbocycles. The highest BCUT2D eigenvalue weighted by atomic mass is 16.5. The van der Waals surface area contributed by atoms with Crippen LogP contribution in [0.3, 0.4) is 0 Å². The first-order valence-electron chi connectivity index (χ1n) is 11.2. The summed E-state index contributed by atoms with van der Waals surface area (Å²) in [4.78, 5) is 2.59. The molecular formula is C25H30N4O. The lowest BCUT2D eigenvalue weighted by Crippen LogP contribution is -2.31. The number of likely N-dealkylation sites (tertiary alicyclic amines) is 1. The molecule has 0 atom stereocenters. The summed E-state index contributed by atoms with van der Waals surface area (Å²) in [6.45, 7) is 5.19. The van der Waals surface area contributed by atoms with Gasteiger partial charge in [0.1, 0.15) is 18.2 Å². The van der Waals surface area contributed by atoms with E-state index in [1.807, 2.05) is 30.3 Å². The van der Waals surface area contributed by atoms with Crippen molar-refractivity contribution in [3.8, 4) is 11.4 Å². The van der Waals surface area contributed by atoms with Crippen LogP contribution in [0.2, 0.25) is 0 Å². The predicted octanol–water partition coefficient (Wildman–Crippen LogP) is 4.45. The summed E-state index contributed by atoms with van der Waals surface area (Å²) in [5, 5.41) is 8.54. The lowest BCUT2D eigenvalue weighted by atomic mass is 10.1. The molecule has 0 saturated carbocycles. The highest BCUT2D eigenvalue weighted by Crippen LogP contribution is 2.30. The van der Waals surface area contributed by atoms with Crippen molar-refractivity contribution in [1.29, 1.82) is 0 Å². The summed E-state index contributed by atoms with van der Waals surface area (Å²) < 4.78 is 8.01. The first-order chi connectivity index (χ1) is 14.9. The third-order valence-corrected chi connectivity index (χ3v) is 6.18. The van der Waals surface area contributed by atoms with Crippen LogP contribution < -0.4 is 10.1 Å². The Labute approximate surface area is 178 Å². The van der Waals surface area contributed by atoms with Crippen molar-refractivity contribution in [3.63, 3.8) is 0 Å². The predicted molar refractivity (Wildman–Crippen MR) is 121 cm³/mol. The molecule has 0 spiro atoms. The fourth-order valence-corrected chi connectivity index (χ4v) is 4.50. The second-order valence-corrected chi connectivity index (χ2v) is 8.28. The van der Waals surface area contributed by atoms with Gasteiger partial charge in [-0.2, -0.15) is 5.10 Å². The normalized spacial score (nSPS) is 16.3. The fourth-order valence-electron chi connectivity index (χ4n) is 4.50. The van der Waals surface area contributed by atoms with Gasteiger partial charge in [-0.05, 0) is 62.2 Å². The Hall–Kier alpha value is -2.79. The zero-order valence-corrected chi connectivity index (χ0v) is 17.5. The Morgan fingerprint density at radius 2 is 1.73 bits per heavy atom. The fraction of sp³-hybridized carbons (Fsp3) is 0.400. The van der Waals surface area contributed by atoms with E-state index in [1.165, 1.54) is 55.0 Å². The largest absolute Gasteiger partial charge is 0.489 e. The van der Waals surface area contributed by atoms with E-state index < -0.39 is 0 Å². The van der Waals surface area contributed by atoms with Gasteiger partial charge >= 0.3 is 0 Å². The molecule has 0 aliphatic carbocycles. The molecule has 1 saturated heterocycles. The molecule has 5 nitrogen and oxygen atoms in total. The number of ether oxygens (including phenoxy) is 1. The van der Waals surface area contributed by atoms with E-state index in [1.54, 1.807) is 0 Å². The van der Waals surface area contributed by atoms with Gasteiger partial charge in [-0.25, -0.2) is 4.68 Å². The summed E-state index contributed by atoms with van der Waals surface area (Å²) in [6, 6.07) is 18.5. The van der Waals surface area contributed by atoms with Crippen LogP contribution in [0.15, 0.2) is 54.6 Å². The highest BCUT2D eigenvalue weighted by molar-refractivity contribution is 5.57. The Bertz CT molecular complexity index is 959. The number of aromatic nitrogens is 2. The number of nitrogens with one attached hydrogen (secondary N) is 1. The van der Waals surface area contributed by atoms with Gasteiger partial charge in [0, 0.05) is 25.1 Å². The van der Waals surface area contributed by atoms with E-state index in [0.29, 0.717) is 6.61 Å². The van der Waals surface area contributed by atoms with Crippen molar-refractivity contribution >= 4 is 5.82 Å². The van der Waals surface area contributed by atoms with Crippen LogP contribution >= 0.6 is 0 Å². The molecule has 0 unspecified atom stereocenters. The molecule has 156 valence electrons. The molecule has 1 fully saturated rings. The van der Waals surface area contributed by atoms with Crippen LogP contribution in [0, 0.1) is 0 Å². The van der Waals surface area contributed by atoms with Crippen LogP contribution in [0.25, 0.3) is 5.69 Å². The van der Waals surface area contributed by atoms with Gasteiger partial charge in [0.15, 0.2) is 0 Å². The maximum atomic E-state index is 5.94. The lowest BCUT2D eigenvalue weighted by molar-refractivity contribution is 0.230. The van der Waals surface area contributed by atoms with Crippen LogP contribution in [-0.4, -0.2) is 40.9 Å². The number of fused-ring (bicyclic) bond motifs is 1. The summed E-state index contributed by atoms with van der Waals surface area (Å²) in [7, 11) is 0. The molecule has 30 heavy (non-hydrogen) atoms. The van der Waals surface area contributed by atoms with Gasteiger partial charge in [0.05, 0.1) is 11.4 Å². The van der Waals surface area contributed by atoms with Gasteiger partial charge in [0.25, 0.3) is 0 Å². The molecule has 1 aromatic heterocycles. The number of anilines is 1. The third kappa shape index (κ3) is 4.21. The third-order valence-electron chi connectivity index (χ3n) is 6.18. The minimum atomic E-state index is 0.583. The summed E-state index contributed by atoms with van der Waals surface area (Å²) >= 11 is 0. The van der Waals surface area contributed by atoms with Crippen LogP contribution in [-0.2, 0) is 19.4 Å². The minimum Gasteiger partial charge on any atom is -0.489 e. The Morgan fingerprint density at radius 1 is 0.933 bits per heavy atom. The van der Waals surface area contributed by atoms with Crippen molar-refractivity contribution < 1.29 is 4.74 Å². The van der Waals surface area contributed by atoms with E-state index in [9.17, 15) is 0 Å². The van der Waals surface area contributed by atoms with Gasteiger partial charge in [-0.1, -0.05) is 36.8 Å². The van der Waals surface area contributed by atoms with E-state index in [-0.39, 0.29) is 0 Å². The molecule has 1 N–H and O–H groups in total. The van der Waals surface area contributed by atoms with E-state index in [0.717, 1.165) is 37.4 Å². The van der Waals surface area contributed by atoms with E-state index in [4.69, 9.17) is 9.84 Å². The van der Waals surface area contributed by atoms with E-state index in [2.05, 4.69) is 39.2 Å². The molecule has 0 amide bonds. The van der Waals surface area contributed by atoms with Gasteiger partial charge in [0.2, 0.25) is 0 Å². The molecule has 0 radical (unpaired) electrons. The van der Waals surface area contributed by atoms with Crippen molar-refractivity contribution in [2.45, 2.75) is 38.7 Å². The van der Waals surface area contributed by atoms with Crippen molar-refractivity contribution in [1.82, 2.24) is 14.7 Å². The van der Waals surface area contributed by atoms with Crippen molar-refractivity contribution in [2.24, 2.45) is 0 Å². The topological polar surface area (TPSA) is 42.3 Å². The van der Waals surface area contributed by atoms with E-state index >= 15 is 0 Å². The monoisotopic (exact) mass is 402 g/mol. The average Bonchev–Trinajstić information content (AvgIpc) is 3.41. The first kappa shape index (κ1) is 19.2. The van der Waals surface area contributed by atoms with Crippen LogP contribution in [0.1, 0.15) is 36.1 Å². The Balaban J connectivity index is 1.28. The van der Waals surface area contributed by atoms with Gasteiger partial charge < -0.3 is 15.0 Å². The molecule has 3 aromatic rings. The highest BCUT2D eigenvalue weighted by Gasteiger charge is 2.23. The first-order valence-corrected chi connectivity index (χ1v) is 11.2. The molecule has 5 heteroatoms. The Morgan fingerprint density at radius 3 is 2.53 bits per heavy atom. The van der Waals surface area contributed by atoms with Crippen molar-refractivity contribution in [2.75, 3.05) is 31.5 Å². The summed E-state index contributed by atoms with van der Waals surface area (Å²) in [5.74, 6) is 2.05. The standard InChI is InChI=1S/C25H30N4O/c1-3-7-20(8-4-1)19-30-22-11-9-21(10-12-22)29-25-23(13-15-26-25)24(27-29)14-18-28-16-5-2-6-17-28/h1,3-4,7-12,26H,2,5-6,13-19H2. The SMILES string of the molecule is c1ccc(COc2ccc(-n3nc(CCN4CCCCC4)c4c3NCC4)cc2)cc1. The maximum Gasteiger partial charge on any atom is 0.133 e. The summed E-state index contributed by atoms with van der Waals surface area (Å²) in [5.41, 5.74) is 4.91. The van der Waals surface area contributed by atoms with Gasteiger partial charge in [-0.3, -0.25) is 0 Å². The number of piperidine rings is 1. The average molecular weight is 403 g/mol. The van der Waals surface area contributed by atoms with Crippen molar-refractivity contribution in [3.05, 3.63) is 71.4 Å². The quantitative estimate of drug-likeness (QED) is 0.634. The Kier molecular flexibility index (Phi) is 5.71. The van der Waals surface area contributed by atoms with Crippen LogP contribution in [0.4, 0.5) is 5.82 Å². The van der Waals surface area contributed by atoms with Gasteiger partial charge in [-0.15, -0.1) is 0 Å². The minimum absolute atomic E-state index is 0.583. The zero-order valence-electron chi connectivity index (χ0n) is 17.5. The number of rotatable bonds is 7. The number of hydrogen-bond donors (Lipinski definition) is 1. The zero-order chi connectivity index (χ0) is 20.2. The summed E-state index contributed by atoms with van der Waals surface area (Å²) in [6.07, 6.45) is 6.17. The molecule has 5 rings (SSSR count).